The number of rotatable bonds is 2. The van der Waals surface area contributed by atoms with E-state index in [9.17, 15) is 4.79 Å². The van der Waals surface area contributed by atoms with Crippen molar-refractivity contribution in [1.29, 1.82) is 0 Å². The maximum absolute atomic E-state index is 10.8. The van der Waals surface area contributed by atoms with Crippen LogP contribution >= 0.6 is 27.3 Å². The van der Waals surface area contributed by atoms with E-state index in [0.717, 1.165) is 4.47 Å². The van der Waals surface area contributed by atoms with Gasteiger partial charge in [0.05, 0.1) is 10.7 Å². The number of thiazole rings is 1. The van der Waals surface area contributed by atoms with Crippen molar-refractivity contribution in [2.24, 2.45) is 0 Å². The number of hydrogen-bond donors (Lipinski definition) is 1. The number of carboxylic acids is 1. The molecule has 6 heteroatoms. The molecule has 0 amide bonds. The molecule has 0 aliphatic heterocycles. The molecule has 0 aliphatic rings. The van der Waals surface area contributed by atoms with Crippen LogP contribution in [-0.4, -0.2) is 16.1 Å². The predicted molar refractivity (Wildman–Crippen MR) is 59.2 cm³/mol. The number of hydrogen-bond acceptors (Lipinski definition) is 4. The molecule has 0 atom stereocenters. The zero-order valence-electron chi connectivity index (χ0n) is 7.65. The minimum atomic E-state index is -1.02. The van der Waals surface area contributed by atoms with Crippen LogP contribution in [0.5, 0.6) is 0 Å². The van der Waals surface area contributed by atoms with Crippen molar-refractivity contribution in [1.82, 2.24) is 4.98 Å². The van der Waals surface area contributed by atoms with E-state index in [-0.39, 0.29) is 5.69 Å². The maximum Gasteiger partial charge on any atom is 0.355 e. The monoisotopic (exact) mass is 287 g/mol. The number of aromatic carboxylic acids is 1. The number of carbonyl (C=O) groups is 1. The molecule has 0 aromatic carbocycles. The Morgan fingerprint density at radius 1 is 1.67 bits per heavy atom. The van der Waals surface area contributed by atoms with E-state index in [4.69, 9.17) is 9.52 Å². The summed E-state index contributed by atoms with van der Waals surface area (Å²) in [4.78, 5) is 15.5. The van der Waals surface area contributed by atoms with Gasteiger partial charge in [0.2, 0.25) is 0 Å². The van der Waals surface area contributed by atoms with Gasteiger partial charge in [-0.25, -0.2) is 9.78 Å². The highest BCUT2D eigenvalue weighted by Gasteiger charge is 2.18. The van der Waals surface area contributed by atoms with E-state index >= 15 is 0 Å². The van der Waals surface area contributed by atoms with Crippen LogP contribution in [0.15, 0.2) is 21.2 Å². The minimum absolute atomic E-state index is 0.0818. The summed E-state index contributed by atoms with van der Waals surface area (Å²) in [5.41, 5.74) is 0.0818. The molecule has 1 N–H and O–H groups in total. The molecule has 0 spiro atoms. The lowest BCUT2D eigenvalue weighted by Gasteiger charge is -1.89. The lowest BCUT2D eigenvalue weighted by Crippen LogP contribution is -1.98. The summed E-state index contributed by atoms with van der Waals surface area (Å²) in [6.45, 7) is 1.72. The smallest absolute Gasteiger partial charge is 0.355 e. The lowest BCUT2D eigenvalue weighted by atomic mass is 10.4. The molecular weight excluding hydrogens is 282 g/mol. The van der Waals surface area contributed by atoms with Gasteiger partial charge in [0, 0.05) is 4.88 Å². The van der Waals surface area contributed by atoms with Crippen molar-refractivity contribution in [3.8, 4) is 10.8 Å². The third kappa shape index (κ3) is 1.82. The molecule has 0 radical (unpaired) electrons. The fourth-order valence-corrected chi connectivity index (χ4v) is 2.57. The summed E-state index contributed by atoms with van der Waals surface area (Å²) < 4.78 is 5.98. The fourth-order valence-electron chi connectivity index (χ4n) is 1.14. The molecule has 0 saturated carbocycles. The Hall–Kier alpha value is -1.14. The molecule has 2 aromatic rings. The fraction of sp³-hybridized carbons (Fsp3) is 0.111. The van der Waals surface area contributed by atoms with Crippen LogP contribution in [0.2, 0.25) is 0 Å². The summed E-state index contributed by atoms with van der Waals surface area (Å²) in [6.07, 6.45) is 1.52. The molecule has 15 heavy (non-hydrogen) atoms. The average Bonchev–Trinajstić information content (AvgIpc) is 2.71. The zero-order chi connectivity index (χ0) is 11.0. The third-order valence-electron chi connectivity index (χ3n) is 1.81. The molecular formula is C9H6BrNO3S. The molecule has 2 aromatic heterocycles. The van der Waals surface area contributed by atoms with E-state index in [1.165, 1.54) is 17.6 Å². The highest BCUT2D eigenvalue weighted by atomic mass is 79.9. The SMILES string of the molecule is Cc1sc(-c2occc2Br)nc1C(=O)O. The third-order valence-corrected chi connectivity index (χ3v) is 3.40. The van der Waals surface area contributed by atoms with Crippen molar-refractivity contribution in [3.05, 3.63) is 27.4 Å². The molecule has 0 bridgehead atoms. The second-order valence-corrected chi connectivity index (χ2v) is 4.88. The first-order valence-corrected chi connectivity index (χ1v) is 5.64. The van der Waals surface area contributed by atoms with Gasteiger partial charge in [-0.1, -0.05) is 0 Å². The summed E-state index contributed by atoms with van der Waals surface area (Å²) in [7, 11) is 0. The normalized spacial score (nSPS) is 10.5. The minimum Gasteiger partial charge on any atom is -0.476 e. The highest BCUT2D eigenvalue weighted by Crippen LogP contribution is 2.33. The van der Waals surface area contributed by atoms with Crippen LogP contribution in [0.1, 0.15) is 15.4 Å². The van der Waals surface area contributed by atoms with Crippen molar-refractivity contribution in [2.45, 2.75) is 6.92 Å². The van der Waals surface area contributed by atoms with Gasteiger partial charge in [-0.15, -0.1) is 11.3 Å². The predicted octanol–water partition coefficient (Wildman–Crippen LogP) is 3.17. The van der Waals surface area contributed by atoms with E-state index < -0.39 is 5.97 Å². The van der Waals surface area contributed by atoms with Crippen LogP contribution in [0.4, 0.5) is 0 Å². The molecule has 2 heterocycles. The number of carboxylic acid groups (broad SMARTS) is 1. The van der Waals surface area contributed by atoms with Gasteiger partial charge < -0.3 is 9.52 Å². The van der Waals surface area contributed by atoms with Gasteiger partial charge in [-0.2, -0.15) is 0 Å². The molecule has 0 saturated heterocycles. The lowest BCUT2D eigenvalue weighted by molar-refractivity contribution is 0.0690. The Kier molecular flexibility index (Phi) is 2.62. The Bertz CT molecular complexity index is 517. The summed E-state index contributed by atoms with van der Waals surface area (Å²) in [5, 5.41) is 9.42. The molecule has 0 fully saturated rings. The number of aryl methyl sites for hydroxylation is 1. The van der Waals surface area contributed by atoms with Crippen LogP contribution in [-0.2, 0) is 0 Å². The highest BCUT2D eigenvalue weighted by molar-refractivity contribution is 9.10. The van der Waals surface area contributed by atoms with Crippen LogP contribution < -0.4 is 0 Å². The molecule has 78 valence electrons. The van der Waals surface area contributed by atoms with Crippen molar-refractivity contribution in [3.63, 3.8) is 0 Å². The number of nitrogens with zero attached hydrogens (tertiary/aromatic N) is 1. The summed E-state index contributed by atoms with van der Waals surface area (Å²) >= 11 is 4.60. The Morgan fingerprint density at radius 2 is 2.40 bits per heavy atom. The quantitative estimate of drug-likeness (QED) is 0.921. The molecule has 0 aliphatic carbocycles. The Labute approximate surface area is 97.7 Å². The van der Waals surface area contributed by atoms with Gasteiger partial charge in [0.1, 0.15) is 0 Å². The van der Waals surface area contributed by atoms with E-state index in [2.05, 4.69) is 20.9 Å². The number of furan rings is 1. The van der Waals surface area contributed by atoms with Crippen molar-refractivity contribution < 1.29 is 14.3 Å². The van der Waals surface area contributed by atoms with Gasteiger partial charge in [0.15, 0.2) is 16.5 Å². The summed E-state index contributed by atoms with van der Waals surface area (Å²) in [5.74, 6) is -0.451. The van der Waals surface area contributed by atoms with E-state index in [0.29, 0.717) is 15.6 Å². The first-order chi connectivity index (χ1) is 7.09. The van der Waals surface area contributed by atoms with Gasteiger partial charge in [0.25, 0.3) is 0 Å². The molecule has 0 unspecified atom stereocenters. The van der Waals surface area contributed by atoms with Crippen molar-refractivity contribution >= 4 is 33.2 Å². The van der Waals surface area contributed by atoms with Crippen LogP contribution in [0.3, 0.4) is 0 Å². The number of halogens is 1. The van der Waals surface area contributed by atoms with Gasteiger partial charge in [-0.05, 0) is 28.9 Å². The number of aromatic nitrogens is 1. The maximum atomic E-state index is 10.8. The second kappa shape index (κ2) is 3.79. The average molecular weight is 288 g/mol. The van der Waals surface area contributed by atoms with Gasteiger partial charge in [-0.3, -0.25) is 0 Å². The van der Waals surface area contributed by atoms with Gasteiger partial charge >= 0.3 is 5.97 Å². The Morgan fingerprint density at radius 3 is 2.87 bits per heavy atom. The topological polar surface area (TPSA) is 63.3 Å². The second-order valence-electron chi connectivity index (χ2n) is 2.83. The summed E-state index contributed by atoms with van der Waals surface area (Å²) in [6, 6.07) is 1.74. The van der Waals surface area contributed by atoms with Crippen molar-refractivity contribution in [2.75, 3.05) is 0 Å². The standard InChI is InChI=1S/C9H6BrNO3S/c1-4-6(9(12)13)11-8(15-4)7-5(10)2-3-14-7/h2-3H,1H3,(H,12,13). The van der Waals surface area contributed by atoms with Crippen LogP contribution in [0.25, 0.3) is 10.8 Å². The molecule has 4 nitrogen and oxygen atoms in total. The Balaban J connectivity index is 2.52. The zero-order valence-corrected chi connectivity index (χ0v) is 10.1. The van der Waals surface area contributed by atoms with Crippen LogP contribution in [0, 0.1) is 6.92 Å². The molecule has 2 rings (SSSR count). The largest absolute Gasteiger partial charge is 0.476 e. The first-order valence-electron chi connectivity index (χ1n) is 4.03. The first kappa shape index (κ1) is 10.4. The van der Waals surface area contributed by atoms with E-state index in [1.54, 1.807) is 13.0 Å². The van der Waals surface area contributed by atoms with E-state index in [1.807, 2.05) is 0 Å².